The molecule has 2 aromatic carbocycles. The number of nitrogen functional groups attached to an aromatic ring is 1. The van der Waals surface area contributed by atoms with Gasteiger partial charge in [0.15, 0.2) is 0 Å². The Bertz CT molecular complexity index is 1260. The van der Waals surface area contributed by atoms with Crippen molar-refractivity contribution in [1.29, 1.82) is 0 Å². The SMILES string of the molecule is CC(C)c1nc2sc3c(c2c(=O)n1N)C[C@@H](c1ccccc1)S[C@H]3c1ccccc1. The molecule has 30 heavy (non-hydrogen) atoms. The number of nitrogens with zero attached hydrogens (tertiary/aromatic N) is 2. The van der Waals surface area contributed by atoms with E-state index in [0.717, 1.165) is 16.8 Å². The quantitative estimate of drug-likeness (QED) is 0.439. The zero-order valence-electron chi connectivity index (χ0n) is 16.9. The minimum absolute atomic E-state index is 0.0857. The second-order valence-corrected chi connectivity index (χ2v) is 10.3. The molecule has 0 spiro atoms. The summed E-state index contributed by atoms with van der Waals surface area (Å²) < 4.78 is 1.25. The molecule has 5 rings (SSSR count). The summed E-state index contributed by atoms with van der Waals surface area (Å²) in [6.45, 7) is 4.02. The standard InChI is InChI=1S/C24H23N3OS2/c1-14(2)22-26-23-19(24(28)27(22)25)17-13-18(15-9-5-3-6-10-15)29-20(21(17)30-23)16-11-7-4-8-12-16/h3-12,14,18,20H,13,25H2,1-2H3/t18-,20-/m0/s1. The Morgan fingerprint density at radius 3 is 2.30 bits per heavy atom. The lowest BCUT2D eigenvalue weighted by Crippen LogP contribution is -2.32. The van der Waals surface area contributed by atoms with E-state index in [1.807, 2.05) is 37.7 Å². The Labute approximate surface area is 183 Å². The molecule has 1 aliphatic rings. The van der Waals surface area contributed by atoms with Crippen LogP contribution in [0.5, 0.6) is 0 Å². The number of nitrogens with two attached hydrogens (primary N) is 1. The van der Waals surface area contributed by atoms with Crippen molar-refractivity contribution in [2.75, 3.05) is 5.84 Å². The van der Waals surface area contributed by atoms with E-state index < -0.39 is 0 Å². The average Bonchev–Trinajstić information content (AvgIpc) is 3.15. The van der Waals surface area contributed by atoms with Gasteiger partial charge in [-0.15, -0.1) is 23.1 Å². The van der Waals surface area contributed by atoms with Crippen LogP contribution >= 0.6 is 23.1 Å². The van der Waals surface area contributed by atoms with Gasteiger partial charge in [0.1, 0.15) is 10.7 Å². The Hall–Kier alpha value is -2.57. The van der Waals surface area contributed by atoms with Crippen LogP contribution in [0, 0.1) is 0 Å². The molecule has 0 bridgehead atoms. The summed E-state index contributed by atoms with van der Waals surface area (Å²) in [4.78, 5) is 20.1. The van der Waals surface area contributed by atoms with E-state index in [0.29, 0.717) is 11.2 Å². The third kappa shape index (κ3) is 3.15. The van der Waals surface area contributed by atoms with Crippen LogP contribution in [-0.2, 0) is 6.42 Å². The zero-order chi connectivity index (χ0) is 20.8. The average molecular weight is 434 g/mol. The molecule has 0 saturated heterocycles. The van der Waals surface area contributed by atoms with Crippen molar-refractivity contribution < 1.29 is 0 Å². The predicted molar refractivity (Wildman–Crippen MR) is 127 cm³/mol. The van der Waals surface area contributed by atoms with Crippen LogP contribution in [0.4, 0.5) is 0 Å². The maximum absolute atomic E-state index is 13.3. The van der Waals surface area contributed by atoms with Gasteiger partial charge >= 0.3 is 0 Å². The van der Waals surface area contributed by atoms with Gasteiger partial charge < -0.3 is 5.84 Å². The number of benzene rings is 2. The summed E-state index contributed by atoms with van der Waals surface area (Å²) in [5.74, 6) is 6.89. The Balaban J connectivity index is 1.75. The van der Waals surface area contributed by atoms with Crippen molar-refractivity contribution >= 4 is 33.3 Å². The normalized spacial score (nSPS) is 18.6. The third-order valence-corrected chi connectivity index (χ3v) is 8.52. The molecule has 0 amide bonds. The van der Waals surface area contributed by atoms with Crippen LogP contribution in [0.3, 0.4) is 0 Å². The van der Waals surface area contributed by atoms with Crippen molar-refractivity contribution in [2.24, 2.45) is 0 Å². The maximum Gasteiger partial charge on any atom is 0.280 e. The molecule has 2 atom stereocenters. The number of hydrogen-bond donors (Lipinski definition) is 1. The van der Waals surface area contributed by atoms with Gasteiger partial charge in [0.2, 0.25) is 0 Å². The highest BCUT2D eigenvalue weighted by molar-refractivity contribution is 8.00. The number of thiophene rings is 1. The van der Waals surface area contributed by atoms with E-state index >= 15 is 0 Å². The number of hydrogen-bond acceptors (Lipinski definition) is 5. The van der Waals surface area contributed by atoms with Gasteiger partial charge in [-0.2, -0.15) is 0 Å². The first-order chi connectivity index (χ1) is 14.5. The van der Waals surface area contributed by atoms with Crippen molar-refractivity contribution in [1.82, 2.24) is 9.66 Å². The van der Waals surface area contributed by atoms with Gasteiger partial charge in [-0.25, -0.2) is 9.66 Å². The second kappa shape index (κ2) is 7.60. The fourth-order valence-electron chi connectivity index (χ4n) is 4.15. The van der Waals surface area contributed by atoms with Gasteiger partial charge in [0, 0.05) is 16.0 Å². The van der Waals surface area contributed by atoms with Gasteiger partial charge in [0.25, 0.3) is 5.56 Å². The van der Waals surface area contributed by atoms with E-state index in [1.165, 1.54) is 20.7 Å². The summed E-state index contributed by atoms with van der Waals surface area (Å²) in [5.41, 5.74) is 3.52. The Kier molecular flexibility index (Phi) is 4.91. The topological polar surface area (TPSA) is 60.9 Å². The fourth-order valence-corrected chi connectivity index (χ4v) is 7.16. The first kappa shape index (κ1) is 19.4. The molecule has 4 aromatic rings. The molecule has 4 nitrogen and oxygen atoms in total. The van der Waals surface area contributed by atoms with E-state index in [-0.39, 0.29) is 22.0 Å². The smallest absolute Gasteiger partial charge is 0.280 e. The Morgan fingerprint density at radius 2 is 1.67 bits per heavy atom. The summed E-state index contributed by atoms with van der Waals surface area (Å²) in [6.07, 6.45) is 0.811. The molecule has 152 valence electrons. The van der Waals surface area contributed by atoms with Crippen molar-refractivity contribution in [3.8, 4) is 0 Å². The molecule has 0 unspecified atom stereocenters. The molecule has 0 saturated carbocycles. The van der Waals surface area contributed by atoms with Gasteiger partial charge in [-0.05, 0) is 23.1 Å². The van der Waals surface area contributed by atoms with Gasteiger partial charge in [-0.3, -0.25) is 4.79 Å². The highest BCUT2D eigenvalue weighted by Crippen LogP contribution is 2.54. The lowest BCUT2D eigenvalue weighted by molar-refractivity contribution is 0.704. The largest absolute Gasteiger partial charge is 0.335 e. The first-order valence-corrected chi connectivity index (χ1v) is 11.9. The third-order valence-electron chi connectivity index (χ3n) is 5.63. The lowest BCUT2D eigenvalue weighted by Gasteiger charge is -2.29. The lowest BCUT2D eigenvalue weighted by atomic mass is 9.98. The van der Waals surface area contributed by atoms with E-state index in [2.05, 4.69) is 48.5 Å². The summed E-state index contributed by atoms with van der Waals surface area (Å²) in [5, 5.41) is 1.15. The van der Waals surface area contributed by atoms with Crippen molar-refractivity contribution in [3.63, 3.8) is 0 Å². The summed E-state index contributed by atoms with van der Waals surface area (Å²) in [7, 11) is 0. The van der Waals surface area contributed by atoms with Crippen LogP contribution in [0.25, 0.3) is 10.2 Å². The van der Waals surface area contributed by atoms with Crippen molar-refractivity contribution in [3.05, 3.63) is 98.4 Å². The van der Waals surface area contributed by atoms with E-state index in [1.54, 1.807) is 11.3 Å². The maximum atomic E-state index is 13.3. The Morgan fingerprint density at radius 1 is 1.03 bits per heavy atom. The monoisotopic (exact) mass is 433 g/mol. The van der Waals surface area contributed by atoms with E-state index in [9.17, 15) is 4.79 Å². The first-order valence-electron chi connectivity index (χ1n) is 10.1. The zero-order valence-corrected chi connectivity index (χ0v) is 18.5. The number of fused-ring (bicyclic) bond motifs is 3. The molecule has 6 heteroatoms. The highest BCUT2D eigenvalue weighted by atomic mass is 32.2. The van der Waals surface area contributed by atoms with Crippen LogP contribution in [0.1, 0.15) is 57.7 Å². The van der Waals surface area contributed by atoms with Gasteiger partial charge in [0.05, 0.1) is 10.6 Å². The second-order valence-electron chi connectivity index (χ2n) is 7.96. The molecule has 1 aliphatic heterocycles. The number of thioether (sulfide) groups is 1. The number of aromatic nitrogens is 2. The molecule has 2 aromatic heterocycles. The van der Waals surface area contributed by atoms with Crippen LogP contribution in [0.15, 0.2) is 65.5 Å². The van der Waals surface area contributed by atoms with Gasteiger partial charge in [-0.1, -0.05) is 74.5 Å². The van der Waals surface area contributed by atoms with E-state index in [4.69, 9.17) is 10.8 Å². The molecular formula is C24H23N3OS2. The fraction of sp³-hybridized carbons (Fsp3) is 0.250. The highest BCUT2D eigenvalue weighted by Gasteiger charge is 2.34. The molecule has 0 fully saturated rings. The minimum atomic E-state index is -0.133. The summed E-state index contributed by atoms with van der Waals surface area (Å²) in [6, 6.07) is 21.1. The molecule has 3 heterocycles. The minimum Gasteiger partial charge on any atom is -0.335 e. The molecule has 2 N–H and O–H groups in total. The summed E-state index contributed by atoms with van der Waals surface area (Å²) >= 11 is 3.61. The van der Waals surface area contributed by atoms with Crippen LogP contribution < -0.4 is 11.4 Å². The van der Waals surface area contributed by atoms with Crippen LogP contribution in [-0.4, -0.2) is 9.66 Å². The molecule has 0 aliphatic carbocycles. The molecular weight excluding hydrogens is 410 g/mol. The number of rotatable bonds is 3. The van der Waals surface area contributed by atoms with Crippen LogP contribution in [0.2, 0.25) is 0 Å². The van der Waals surface area contributed by atoms with Crippen molar-refractivity contribution in [2.45, 2.75) is 36.7 Å². The predicted octanol–water partition coefficient (Wildman–Crippen LogP) is 5.42. The molecule has 0 radical (unpaired) electrons.